The van der Waals surface area contributed by atoms with E-state index in [1.165, 1.54) is 0 Å². The monoisotopic (exact) mass is 362 g/mol. The molecule has 0 aliphatic carbocycles. The average molecular weight is 362 g/mol. The maximum atomic E-state index is 12.8. The average Bonchev–Trinajstić information content (AvgIpc) is 3.11. The summed E-state index contributed by atoms with van der Waals surface area (Å²) in [5.74, 6) is -0.448. The smallest absolute Gasteiger partial charge is 0.269 e. The zero-order valence-electron chi connectivity index (χ0n) is 15.6. The van der Waals surface area contributed by atoms with Gasteiger partial charge in [0.2, 0.25) is 0 Å². The molecule has 2 N–H and O–H groups in total. The van der Waals surface area contributed by atoms with Crippen LogP contribution in [0.3, 0.4) is 0 Å². The van der Waals surface area contributed by atoms with Gasteiger partial charge in [0, 0.05) is 29.9 Å². The normalized spacial score (nSPS) is 11.8. The highest BCUT2D eigenvalue weighted by Gasteiger charge is 2.19. The second-order valence-corrected chi connectivity index (χ2v) is 6.51. The fourth-order valence-corrected chi connectivity index (χ4v) is 2.91. The molecule has 0 bridgehead atoms. The molecule has 0 aliphatic heterocycles. The summed E-state index contributed by atoms with van der Waals surface area (Å²) >= 11 is 0. The minimum absolute atomic E-state index is 0.0451. The van der Waals surface area contributed by atoms with Crippen LogP contribution in [0.25, 0.3) is 0 Å². The lowest BCUT2D eigenvalue weighted by Crippen LogP contribution is -2.21. The number of nitrogens with one attached hydrogen (secondary N) is 2. The number of hydrogen-bond donors (Lipinski definition) is 2. The van der Waals surface area contributed by atoms with Gasteiger partial charge in [-0.3, -0.25) is 14.7 Å². The summed E-state index contributed by atoms with van der Waals surface area (Å²) in [5, 5.41) is 9.39. The van der Waals surface area contributed by atoms with Crippen molar-refractivity contribution in [1.82, 2.24) is 20.5 Å². The van der Waals surface area contributed by atoms with Gasteiger partial charge in [-0.2, -0.15) is 5.10 Å². The number of carbonyl (C=O) groups is 2. The molecule has 3 rings (SSSR count). The maximum absolute atomic E-state index is 12.8. The van der Waals surface area contributed by atoms with Gasteiger partial charge in [0.15, 0.2) is 5.78 Å². The zero-order valence-corrected chi connectivity index (χ0v) is 15.6. The van der Waals surface area contributed by atoms with Crippen LogP contribution < -0.4 is 5.32 Å². The number of aryl methyl sites for hydroxylation is 1. The first-order valence-electron chi connectivity index (χ1n) is 8.80. The molecule has 1 amide bonds. The highest BCUT2D eigenvalue weighted by molar-refractivity contribution is 6.00. The minimum atomic E-state index is -0.316. The van der Waals surface area contributed by atoms with Gasteiger partial charge >= 0.3 is 0 Å². The summed E-state index contributed by atoms with van der Waals surface area (Å²) in [6, 6.07) is 13.2. The van der Waals surface area contributed by atoms with Crippen molar-refractivity contribution in [3.8, 4) is 0 Å². The topological polar surface area (TPSA) is 87.7 Å². The third-order valence-corrected chi connectivity index (χ3v) is 4.64. The van der Waals surface area contributed by atoms with Crippen LogP contribution in [-0.2, 0) is 6.42 Å². The van der Waals surface area contributed by atoms with Gasteiger partial charge < -0.3 is 5.32 Å². The van der Waals surface area contributed by atoms with Gasteiger partial charge in [0.25, 0.3) is 5.91 Å². The van der Waals surface area contributed by atoms with E-state index in [-0.39, 0.29) is 29.7 Å². The highest BCUT2D eigenvalue weighted by atomic mass is 16.1. The predicted octanol–water partition coefficient (Wildman–Crippen LogP) is 3.05. The summed E-state index contributed by atoms with van der Waals surface area (Å²) in [5.41, 5.74) is 4.17. The number of hydrogen-bond acceptors (Lipinski definition) is 4. The molecule has 0 aliphatic rings. The Morgan fingerprint density at radius 1 is 1.19 bits per heavy atom. The Bertz CT molecular complexity index is 963. The summed E-state index contributed by atoms with van der Waals surface area (Å²) in [4.78, 5) is 29.5. The van der Waals surface area contributed by atoms with Gasteiger partial charge in [-0.1, -0.05) is 37.3 Å². The summed E-state index contributed by atoms with van der Waals surface area (Å²) in [7, 11) is 1.55. The van der Waals surface area contributed by atoms with Gasteiger partial charge in [0.05, 0.1) is 12.6 Å². The molecule has 0 saturated carbocycles. The molecule has 1 aromatic carbocycles. The molecule has 3 aromatic rings. The maximum Gasteiger partial charge on any atom is 0.269 e. The lowest BCUT2D eigenvalue weighted by molar-refractivity contribution is 0.0958. The Morgan fingerprint density at radius 2 is 1.93 bits per heavy atom. The molecule has 0 saturated heterocycles. The molecular weight excluding hydrogens is 340 g/mol. The molecule has 27 heavy (non-hydrogen) atoms. The molecular formula is C21H22N4O2. The number of ketones is 1. The molecule has 2 aromatic heterocycles. The standard InChI is InChI=1S/C21H22N4O2/c1-13-12-23-25-17(13)11-20(26)16-9-18(24-19(10-16)21(27)22-3)14(2)15-7-5-4-6-8-15/h4-10,12,14H,11H2,1-3H3,(H,22,27)(H,23,25)/t14-/m0/s1. The van der Waals surface area contributed by atoms with E-state index in [4.69, 9.17) is 0 Å². The fourth-order valence-electron chi connectivity index (χ4n) is 2.91. The van der Waals surface area contributed by atoms with Crippen LogP contribution in [0.1, 0.15) is 56.2 Å². The van der Waals surface area contributed by atoms with Crippen LogP contribution in [-0.4, -0.2) is 33.9 Å². The van der Waals surface area contributed by atoms with Crippen molar-refractivity contribution in [2.45, 2.75) is 26.2 Å². The second kappa shape index (κ2) is 7.95. The van der Waals surface area contributed by atoms with Gasteiger partial charge in [0.1, 0.15) is 5.69 Å². The van der Waals surface area contributed by atoms with Crippen molar-refractivity contribution in [2.75, 3.05) is 7.05 Å². The van der Waals surface area contributed by atoms with Gasteiger partial charge in [-0.05, 0) is 30.2 Å². The number of H-pyrrole nitrogens is 1. The minimum Gasteiger partial charge on any atom is -0.354 e. The third kappa shape index (κ3) is 4.11. The summed E-state index contributed by atoms with van der Waals surface area (Å²) < 4.78 is 0. The van der Waals surface area contributed by atoms with E-state index in [9.17, 15) is 9.59 Å². The molecule has 6 heteroatoms. The molecule has 0 radical (unpaired) electrons. The lowest BCUT2D eigenvalue weighted by atomic mass is 9.94. The van der Waals surface area contributed by atoms with E-state index in [2.05, 4.69) is 20.5 Å². The summed E-state index contributed by atoms with van der Waals surface area (Å²) in [6.45, 7) is 3.91. The number of aromatic nitrogens is 3. The number of amides is 1. The number of benzene rings is 1. The van der Waals surface area contributed by atoms with E-state index in [0.29, 0.717) is 11.3 Å². The molecule has 6 nitrogen and oxygen atoms in total. The number of aromatic amines is 1. The quantitative estimate of drug-likeness (QED) is 0.660. The SMILES string of the molecule is CNC(=O)c1cc(C(=O)Cc2[nH]ncc2C)cc([C@@H](C)c2ccccc2)n1. The first-order valence-corrected chi connectivity index (χ1v) is 8.80. The van der Waals surface area contributed by atoms with Crippen LogP contribution in [0.5, 0.6) is 0 Å². The van der Waals surface area contributed by atoms with Crippen molar-refractivity contribution >= 4 is 11.7 Å². The molecule has 2 heterocycles. The van der Waals surface area contributed by atoms with E-state index in [1.54, 1.807) is 25.4 Å². The number of Topliss-reactive ketones (excluding diaryl/α,β-unsaturated/α-hetero) is 1. The molecule has 0 unspecified atom stereocenters. The predicted molar refractivity (Wildman–Crippen MR) is 103 cm³/mol. The van der Waals surface area contributed by atoms with Crippen LogP contribution in [0.2, 0.25) is 0 Å². The lowest BCUT2D eigenvalue weighted by Gasteiger charge is -2.14. The second-order valence-electron chi connectivity index (χ2n) is 6.51. The van der Waals surface area contributed by atoms with Crippen LogP contribution in [0.15, 0.2) is 48.7 Å². The van der Waals surface area contributed by atoms with Gasteiger partial charge in [-0.25, -0.2) is 4.98 Å². The van der Waals surface area contributed by atoms with Crippen molar-refractivity contribution in [1.29, 1.82) is 0 Å². The van der Waals surface area contributed by atoms with E-state index in [1.807, 2.05) is 44.2 Å². The van der Waals surface area contributed by atoms with Crippen molar-refractivity contribution in [3.05, 3.63) is 82.4 Å². The Hall–Kier alpha value is -3.28. The van der Waals surface area contributed by atoms with Crippen LogP contribution in [0.4, 0.5) is 0 Å². The van der Waals surface area contributed by atoms with Crippen molar-refractivity contribution < 1.29 is 9.59 Å². The van der Waals surface area contributed by atoms with Crippen molar-refractivity contribution in [3.63, 3.8) is 0 Å². The van der Waals surface area contributed by atoms with Crippen LogP contribution >= 0.6 is 0 Å². The van der Waals surface area contributed by atoms with E-state index < -0.39 is 0 Å². The molecule has 0 spiro atoms. The highest BCUT2D eigenvalue weighted by Crippen LogP contribution is 2.24. The molecule has 1 atom stereocenters. The number of rotatable bonds is 6. The first kappa shape index (κ1) is 18.5. The Morgan fingerprint density at radius 3 is 2.56 bits per heavy atom. The number of pyridine rings is 1. The third-order valence-electron chi connectivity index (χ3n) is 4.64. The Balaban J connectivity index is 1.99. The number of carbonyl (C=O) groups excluding carboxylic acids is 2. The first-order chi connectivity index (χ1) is 13.0. The molecule has 0 fully saturated rings. The Labute approximate surface area is 158 Å². The van der Waals surface area contributed by atoms with E-state index >= 15 is 0 Å². The van der Waals surface area contributed by atoms with Crippen LogP contribution in [0, 0.1) is 6.92 Å². The number of nitrogens with zero attached hydrogens (tertiary/aromatic N) is 2. The largest absolute Gasteiger partial charge is 0.354 e. The van der Waals surface area contributed by atoms with E-state index in [0.717, 1.165) is 16.8 Å². The van der Waals surface area contributed by atoms with Crippen molar-refractivity contribution in [2.24, 2.45) is 0 Å². The Kier molecular flexibility index (Phi) is 5.45. The zero-order chi connectivity index (χ0) is 19.4. The van der Waals surface area contributed by atoms with Gasteiger partial charge in [-0.15, -0.1) is 0 Å². The fraction of sp³-hybridized carbons (Fsp3) is 0.238. The molecule has 138 valence electrons. The summed E-state index contributed by atoms with van der Waals surface area (Å²) in [6.07, 6.45) is 1.89.